The molecule has 30 heavy (non-hydrogen) atoms. The number of nitrogens with one attached hydrogen (secondary N) is 1. The third kappa shape index (κ3) is 5.76. The Balaban J connectivity index is 1.64. The molecule has 3 rings (SSSR count). The minimum absolute atomic E-state index is 0.113. The van der Waals surface area contributed by atoms with Crippen LogP contribution in [0.3, 0.4) is 0 Å². The highest BCUT2D eigenvalue weighted by Crippen LogP contribution is 2.26. The predicted octanol–water partition coefficient (Wildman–Crippen LogP) is 4.72. The number of aryl methyl sites for hydroxylation is 1. The number of carbonyl (C=O) groups is 1. The lowest BCUT2D eigenvalue weighted by Crippen LogP contribution is -2.46. The van der Waals surface area contributed by atoms with E-state index in [0.29, 0.717) is 35.0 Å². The van der Waals surface area contributed by atoms with E-state index in [2.05, 4.69) is 5.32 Å². The van der Waals surface area contributed by atoms with Crippen LogP contribution >= 0.6 is 23.2 Å². The van der Waals surface area contributed by atoms with Gasteiger partial charge in [-0.05, 0) is 49.9 Å². The van der Waals surface area contributed by atoms with Crippen LogP contribution in [0, 0.1) is 12.8 Å². The van der Waals surface area contributed by atoms with Crippen molar-refractivity contribution in [2.75, 3.05) is 13.1 Å². The van der Waals surface area contributed by atoms with Crippen LogP contribution in [-0.2, 0) is 20.6 Å². The molecule has 0 unspecified atom stereocenters. The smallest absolute Gasteiger partial charge is 0.224 e. The number of halogens is 2. The van der Waals surface area contributed by atoms with Crippen LogP contribution in [0.2, 0.25) is 10.0 Å². The van der Waals surface area contributed by atoms with Gasteiger partial charge in [-0.3, -0.25) is 4.79 Å². The largest absolute Gasteiger partial charge is 0.349 e. The molecular weight excluding hydrogens is 443 g/mol. The lowest BCUT2D eigenvalue weighted by atomic mass is 9.97. The first-order valence-electron chi connectivity index (χ1n) is 9.94. The number of hydrogen-bond acceptors (Lipinski definition) is 3. The van der Waals surface area contributed by atoms with E-state index < -0.39 is 10.0 Å². The molecule has 5 nitrogen and oxygen atoms in total. The number of hydrogen-bond donors (Lipinski definition) is 1. The van der Waals surface area contributed by atoms with E-state index in [0.717, 1.165) is 11.1 Å². The Morgan fingerprint density at radius 2 is 1.87 bits per heavy atom. The number of sulfonamides is 1. The molecule has 0 aliphatic carbocycles. The normalized spacial score (nSPS) is 18.7. The quantitative estimate of drug-likeness (QED) is 0.666. The Labute approximate surface area is 188 Å². The van der Waals surface area contributed by atoms with Gasteiger partial charge in [0.05, 0.1) is 27.8 Å². The molecule has 1 N–H and O–H groups in total. The number of amides is 1. The molecule has 1 saturated heterocycles. The van der Waals surface area contributed by atoms with Crippen molar-refractivity contribution in [3.8, 4) is 0 Å². The van der Waals surface area contributed by atoms with Crippen molar-refractivity contribution in [3.05, 3.63) is 69.2 Å². The van der Waals surface area contributed by atoms with Gasteiger partial charge in [0.15, 0.2) is 0 Å². The lowest BCUT2D eigenvalue weighted by Gasteiger charge is -2.32. The molecule has 0 bridgehead atoms. The fraction of sp³-hybridized carbons (Fsp3) is 0.409. The summed E-state index contributed by atoms with van der Waals surface area (Å²) in [6.45, 7) is 4.56. The van der Waals surface area contributed by atoms with Gasteiger partial charge in [-0.25, -0.2) is 12.7 Å². The SMILES string of the molecule is Cc1ccc([C@H](C)NC(=O)[C@H]2CCCN(S(=O)(=O)Cc3ccc(Cl)c(Cl)c3)C2)cc1. The van der Waals surface area contributed by atoms with Gasteiger partial charge in [0.25, 0.3) is 0 Å². The fourth-order valence-corrected chi connectivity index (χ4v) is 5.53. The van der Waals surface area contributed by atoms with Gasteiger partial charge in [0, 0.05) is 13.1 Å². The van der Waals surface area contributed by atoms with Crippen LogP contribution in [0.25, 0.3) is 0 Å². The van der Waals surface area contributed by atoms with Crippen molar-refractivity contribution < 1.29 is 13.2 Å². The Morgan fingerprint density at radius 1 is 1.17 bits per heavy atom. The molecule has 1 fully saturated rings. The van der Waals surface area contributed by atoms with Gasteiger partial charge in [-0.1, -0.05) is 59.1 Å². The van der Waals surface area contributed by atoms with Gasteiger partial charge in [-0.15, -0.1) is 0 Å². The van der Waals surface area contributed by atoms with Crippen LogP contribution in [-0.4, -0.2) is 31.7 Å². The lowest BCUT2D eigenvalue weighted by molar-refractivity contribution is -0.126. The first-order valence-corrected chi connectivity index (χ1v) is 12.3. The zero-order valence-electron chi connectivity index (χ0n) is 17.1. The minimum atomic E-state index is -3.57. The Bertz CT molecular complexity index is 1010. The van der Waals surface area contributed by atoms with Crippen LogP contribution in [0.4, 0.5) is 0 Å². The summed E-state index contributed by atoms with van der Waals surface area (Å²) in [5.74, 6) is -0.648. The second-order valence-electron chi connectivity index (χ2n) is 7.84. The third-order valence-corrected chi connectivity index (χ3v) is 7.97. The third-order valence-electron chi connectivity index (χ3n) is 5.42. The van der Waals surface area contributed by atoms with Crippen LogP contribution in [0.15, 0.2) is 42.5 Å². The van der Waals surface area contributed by atoms with Crippen LogP contribution in [0.5, 0.6) is 0 Å². The van der Waals surface area contributed by atoms with E-state index in [1.54, 1.807) is 18.2 Å². The highest BCUT2D eigenvalue weighted by molar-refractivity contribution is 7.88. The molecule has 2 aromatic rings. The number of benzene rings is 2. The molecule has 0 saturated carbocycles. The second kappa shape index (κ2) is 9.69. The Morgan fingerprint density at radius 3 is 2.53 bits per heavy atom. The highest BCUT2D eigenvalue weighted by Gasteiger charge is 2.33. The standard InChI is InChI=1S/C22H26Cl2N2O3S/c1-15-5-8-18(9-6-15)16(2)25-22(27)19-4-3-11-26(13-19)30(28,29)14-17-7-10-20(23)21(24)12-17/h5-10,12,16,19H,3-4,11,13-14H2,1-2H3,(H,25,27)/t16-,19-/m0/s1. The number of rotatable bonds is 6. The first-order chi connectivity index (χ1) is 14.2. The molecule has 1 aliphatic heterocycles. The highest BCUT2D eigenvalue weighted by atomic mass is 35.5. The van der Waals surface area contributed by atoms with Crippen molar-refractivity contribution in [3.63, 3.8) is 0 Å². The summed E-state index contributed by atoms with van der Waals surface area (Å²) < 4.78 is 27.2. The average molecular weight is 469 g/mol. The fourth-order valence-electron chi connectivity index (χ4n) is 3.61. The summed E-state index contributed by atoms with van der Waals surface area (Å²) in [6, 6.07) is 12.7. The summed E-state index contributed by atoms with van der Waals surface area (Å²) in [7, 11) is -3.57. The Kier molecular flexibility index (Phi) is 7.45. The van der Waals surface area contributed by atoms with Gasteiger partial charge < -0.3 is 5.32 Å². The van der Waals surface area contributed by atoms with Crippen LogP contribution in [0.1, 0.15) is 42.5 Å². The first kappa shape index (κ1) is 23.1. The topological polar surface area (TPSA) is 66.5 Å². The maximum absolute atomic E-state index is 12.9. The molecule has 1 heterocycles. The second-order valence-corrected chi connectivity index (χ2v) is 10.6. The molecule has 1 amide bonds. The summed E-state index contributed by atoms with van der Waals surface area (Å²) in [4.78, 5) is 12.8. The molecule has 1 aliphatic rings. The van der Waals surface area contributed by atoms with Gasteiger partial charge in [0.2, 0.25) is 15.9 Å². The van der Waals surface area contributed by atoms with E-state index >= 15 is 0 Å². The number of carbonyl (C=O) groups excluding carboxylic acids is 1. The van der Waals surface area contributed by atoms with E-state index in [-0.39, 0.29) is 30.2 Å². The molecule has 0 radical (unpaired) electrons. The van der Waals surface area contributed by atoms with Gasteiger partial charge in [-0.2, -0.15) is 0 Å². The Hall–Kier alpha value is -1.60. The van der Waals surface area contributed by atoms with Gasteiger partial charge in [0.1, 0.15) is 0 Å². The van der Waals surface area contributed by atoms with E-state index in [1.165, 1.54) is 4.31 Å². The van der Waals surface area contributed by atoms with E-state index in [4.69, 9.17) is 23.2 Å². The maximum atomic E-state index is 12.9. The van der Waals surface area contributed by atoms with Crippen molar-refractivity contribution in [2.24, 2.45) is 5.92 Å². The molecule has 162 valence electrons. The summed E-state index contributed by atoms with van der Waals surface area (Å²) in [5.41, 5.74) is 2.75. The zero-order chi connectivity index (χ0) is 21.9. The number of nitrogens with zero attached hydrogens (tertiary/aromatic N) is 1. The minimum Gasteiger partial charge on any atom is -0.349 e. The molecule has 2 atom stereocenters. The van der Waals surface area contributed by atoms with Crippen molar-refractivity contribution in [1.82, 2.24) is 9.62 Å². The molecule has 0 spiro atoms. The average Bonchev–Trinajstić information content (AvgIpc) is 2.71. The summed E-state index contributed by atoms with van der Waals surface area (Å²) in [6.07, 6.45) is 1.32. The molecule has 2 aromatic carbocycles. The predicted molar refractivity (Wildman–Crippen MR) is 121 cm³/mol. The van der Waals surface area contributed by atoms with Crippen molar-refractivity contribution >= 4 is 39.1 Å². The molecule has 8 heteroatoms. The molecular formula is C22H26Cl2N2O3S. The zero-order valence-corrected chi connectivity index (χ0v) is 19.4. The van der Waals surface area contributed by atoms with Crippen molar-refractivity contribution in [2.45, 2.75) is 38.5 Å². The van der Waals surface area contributed by atoms with E-state index in [9.17, 15) is 13.2 Å². The van der Waals surface area contributed by atoms with E-state index in [1.807, 2.05) is 38.1 Å². The van der Waals surface area contributed by atoms with Crippen molar-refractivity contribution in [1.29, 1.82) is 0 Å². The summed E-state index contributed by atoms with van der Waals surface area (Å²) >= 11 is 11.9. The van der Waals surface area contributed by atoms with Gasteiger partial charge >= 0.3 is 0 Å². The number of piperidine rings is 1. The maximum Gasteiger partial charge on any atom is 0.224 e. The monoisotopic (exact) mass is 468 g/mol. The molecule has 0 aromatic heterocycles. The summed E-state index contributed by atoms with van der Waals surface area (Å²) in [5, 5.41) is 3.74. The van der Waals surface area contributed by atoms with Crippen LogP contribution < -0.4 is 5.32 Å².